The number of aldehydes is 1. The number of hydrogen-bond donors (Lipinski definition) is 2. The summed E-state index contributed by atoms with van der Waals surface area (Å²) in [5, 5.41) is 2.43. The van der Waals surface area contributed by atoms with Crippen molar-refractivity contribution < 1.29 is 9.59 Å². The highest BCUT2D eigenvalue weighted by atomic mass is 16.2. The van der Waals surface area contributed by atoms with E-state index in [1.165, 1.54) is 5.56 Å². The number of hydrogen-bond acceptors (Lipinski definition) is 4. The second-order valence-electron chi connectivity index (χ2n) is 7.51. The van der Waals surface area contributed by atoms with Gasteiger partial charge in [0.25, 0.3) is 5.91 Å². The van der Waals surface area contributed by atoms with Crippen LogP contribution in [-0.2, 0) is 15.0 Å². The zero-order valence-corrected chi connectivity index (χ0v) is 17.2. The first kappa shape index (κ1) is 22.2. The second kappa shape index (κ2) is 9.76. The van der Waals surface area contributed by atoms with E-state index in [4.69, 9.17) is 5.73 Å². The fourth-order valence-corrected chi connectivity index (χ4v) is 2.43. The lowest BCUT2D eigenvalue weighted by Crippen LogP contribution is -2.18. The number of nitrogens with one attached hydrogen (secondary N) is 1. The third kappa shape index (κ3) is 7.13. The Bertz CT molecular complexity index is 779. The molecular weight excluding hydrogens is 338 g/mol. The molecule has 0 unspecified atom stereocenters. The number of nitrogens with two attached hydrogens (primary N) is 1. The zero-order chi connectivity index (χ0) is 20.6. The molecule has 0 spiro atoms. The average molecular weight is 370 g/mol. The molecule has 0 atom stereocenters. The number of anilines is 3. The van der Waals surface area contributed by atoms with Crippen LogP contribution in [0.4, 0.5) is 17.1 Å². The van der Waals surface area contributed by atoms with E-state index in [2.05, 4.69) is 63.2 Å². The number of aryl methyl sites for hydroxylation is 1. The minimum absolute atomic E-state index is 0.164. The van der Waals surface area contributed by atoms with Crippen molar-refractivity contribution >= 4 is 29.3 Å². The Balaban J connectivity index is 0.000000277. The molecular formula is C22H31N3O2. The minimum Gasteiger partial charge on any atom is -0.397 e. The maximum atomic E-state index is 10.6. The van der Waals surface area contributed by atoms with Gasteiger partial charge in [-0.25, -0.2) is 0 Å². The van der Waals surface area contributed by atoms with Crippen LogP contribution in [0, 0.1) is 6.92 Å². The molecule has 0 fully saturated rings. The quantitative estimate of drug-likeness (QED) is 0.482. The fraction of sp³-hybridized carbons (Fsp3) is 0.364. The van der Waals surface area contributed by atoms with Gasteiger partial charge in [-0.2, -0.15) is 0 Å². The Morgan fingerprint density at radius 2 is 1.85 bits per heavy atom. The lowest BCUT2D eigenvalue weighted by atomic mass is 9.86. The smallest absolute Gasteiger partial charge is 0.288 e. The van der Waals surface area contributed by atoms with E-state index in [9.17, 15) is 9.59 Å². The number of nitrogen functional groups attached to an aromatic ring is 1. The Morgan fingerprint density at radius 1 is 1.19 bits per heavy atom. The first-order valence-electron chi connectivity index (χ1n) is 9.02. The van der Waals surface area contributed by atoms with Crippen LogP contribution in [0.1, 0.15) is 38.8 Å². The van der Waals surface area contributed by atoms with Gasteiger partial charge in [0.2, 0.25) is 6.29 Å². The summed E-state index contributed by atoms with van der Waals surface area (Å²) in [5.74, 6) is -0.624. The molecule has 5 heteroatoms. The molecule has 3 N–H and O–H groups in total. The molecule has 2 aromatic rings. The van der Waals surface area contributed by atoms with Crippen molar-refractivity contribution in [2.75, 3.05) is 29.5 Å². The highest BCUT2D eigenvalue weighted by Gasteiger charge is 2.15. The first-order valence-corrected chi connectivity index (χ1v) is 9.02. The predicted molar refractivity (Wildman–Crippen MR) is 114 cm³/mol. The summed E-state index contributed by atoms with van der Waals surface area (Å²) in [6.45, 7) is 11.6. The Labute approximate surface area is 162 Å². The molecule has 0 aromatic heterocycles. The van der Waals surface area contributed by atoms with Crippen molar-refractivity contribution in [3.63, 3.8) is 0 Å². The Hall–Kier alpha value is -2.82. The summed E-state index contributed by atoms with van der Waals surface area (Å²) in [5.41, 5.74) is 11.2. The number of carbonyl (C=O) groups excluding carboxylic acids is 2. The van der Waals surface area contributed by atoms with Gasteiger partial charge in [-0.3, -0.25) is 9.59 Å². The monoisotopic (exact) mass is 369 g/mol. The molecule has 0 aliphatic rings. The zero-order valence-electron chi connectivity index (χ0n) is 17.2. The van der Waals surface area contributed by atoms with E-state index in [-0.39, 0.29) is 11.7 Å². The normalized spacial score (nSPS) is 10.4. The molecule has 0 aliphatic heterocycles. The van der Waals surface area contributed by atoms with Crippen molar-refractivity contribution in [2.45, 2.75) is 40.0 Å². The number of benzene rings is 2. The highest BCUT2D eigenvalue weighted by Crippen LogP contribution is 2.29. The van der Waals surface area contributed by atoms with Crippen LogP contribution in [0.25, 0.3) is 0 Å². The van der Waals surface area contributed by atoms with Crippen LogP contribution < -0.4 is 16.0 Å². The van der Waals surface area contributed by atoms with Crippen molar-refractivity contribution in [2.24, 2.45) is 0 Å². The van der Waals surface area contributed by atoms with E-state index >= 15 is 0 Å². The molecule has 146 valence electrons. The second-order valence-corrected chi connectivity index (χ2v) is 7.51. The molecule has 0 saturated heterocycles. The van der Waals surface area contributed by atoms with Crippen LogP contribution >= 0.6 is 0 Å². The molecule has 0 aliphatic carbocycles. The van der Waals surface area contributed by atoms with E-state index in [1.807, 2.05) is 19.1 Å². The summed E-state index contributed by atoms with van der Waals surface area (Å²) >= 11 is 0. The van der Waals surface area contributed by atoms with Gasteiger partial charge in [-0.05, 0) is 54.7 Å². The number of amides is 1. The van der Waals surface area contributed by atoms with Crippen molar-refractivity contribution in [3.8, 4) is 0 Å². The number of nitrogens with zero attached hydrogens (tertiary/aromatic N) is 1. The maximum absolute atomic E-state index is 10.6. The van der Waals surface area contributed by atoms with E-state index in [0.717, 1.165) is 23.5 Å². The summed E-state index contributed by atoms with van der Waals surface area (Å²) in [7, 11) is 2.06. The topological polar surface area (TPSA) is 75.4 Å². The third-order valence-electron chi connectivity index (χ3n) is 4.17. The van der Waals surface area contributed by atoms with Gasteiger partial charge in [0, 0.05) is 19.3 Å². The van der Waals surface area contributed by atoms with Gasteiger partial charge >= 0.3 is 0 Å². The summed E-state index contributed by atoms with van der Waals surface area (Å²) in [4.78, 5) is 22.7. The van der Waals surface area contributed by atoms with Crippen molar-refractivity contribution in [3.05, 3.63) is 53.6 Å². The van der Waals surface area contributed by atoms with Crippen LogP contribution in [0.2, 0.25) is 0 Å². The Morgan fingerprint density at radius 3 is 2.33 bits per heavy atom. The molecule has 5 nitrogen and oxygen atoms in total. The number of rotatable bonds is 4. The third-order valence-corrected chi connectivity index (χ3v) is 4.17. The molecule has 0 heterocycles. The van der Waals surface area contributed by atoms with Gasteiger partial charge in [0.05, 0.1) is 11.4 Å². The van der Waals surface area contributed by atoms with Crippen LogP contribution in [0.3, 0.4) is 0 Å². The fourth-order valence-electron chi connectivity index (χ4n) is 2.43. The van der Waals surface area contributed by atoms with Gasteiger partial charge in [-0.15, -0.1) is 0 Å². The molecule has 2 rings (SSSR count). The van der Waals surface area contributed by atoms with Crippen LogP contribution in [0.15, 0.2) is 42.5 Å². The largest absolute Gasteiger partial charge is 0.397 e. The highest BCUT2D eigenvalue weighted by molar-refractivity contribution is 6.29. The molecule has 0 radical (unpaired) electrons. The predicted octanol–water partition coefficient (Wildman–Crippen LogP) is 4.15. The Kier molecular flexibility index (Phi) is 8.03. The van der Waals surface area contributed by atoms with Crippen molar-refractivity contribution in [1.82, 2.24) is 0 Å². The molecule has 0 bridgehead atoms. The molecule has 0 saturated carbocycles. The first-order chi connectivity index (χ1) is 12.6. The minimum atomic E-state index is -0.624. The lowest BCUT2D eigenvalue weighted by Gasteiger charge is -2.23. The van der Waals surface area contributed by atoms with E-state index < -0.39 is 5.91 Å². The van der Waals surface area contributed by atoms with Gasteiger partial charge in [0.1, 0.15) is 0 Å². The lowest BCUT2D eigenvalue weighted by molar-refractivity contribution is -0.127. The van der Waals surface area contributed by atoms with E-state index in [0.29, 0.717) is 5.69 Å². The molecule has 2 aromatic carbocycles. The molecule has 1 amide bonds. The molecule has 27 heavy (non-hydrogen) atoms. The van der Waals surface area contributed by atoms with Gasteiger partial charge in [0.15, 0.2) is 0 Å². The van der Waals surface area contributed by atoms with E-state index in [1.54, 1.807) is 12.1 Å². The number of carbonyl (C=O) groups is 2. The summed E-state index contributed by atoms with van der Waals surface area (Å²) < 4.78 is 0. The summed E-state index contributed by atoms with van der Waals surface area (Å²) in [6.07, 6.45) is 0.252. The maximum Gasteiger partial charge on any atom is 0.288 e. The average Bonchev–Trinajstić information content (AvgIpc) is 2.60. The summed E-state index contributed by atoms with van der Waals surface area (Å²) in [6, 6.07) is 13.6. The standard InChI is InChI=1S/C13H22N2.C9H9NO2/c1-6-15(5)12-8-7-10(9-11(12)14)13(2,3)4;1-7-3-2-4-8(5-7)10-9(12)6-11/h7-9H,6,14H2,1-5H3;2-6H,1H3,(H,10,12). The van der Waals surface area contributed by atoms with Crippen LogP contribution in [-0.4, -0.2) is 25.8 Å². The van der Waals surface area contributed by atoms with Crippen LogP contribution in [0.5, 0.6) is 0 Å². The van der Waals surface area contributed by atoms with Gasteiger partial charge < -0.3 is 16.0 Å². The van der Waals surface area contributed by atoms with Gasteiger partial charge in [-0.1, -0.05) is 39.0 Å². The van der Waals surface area contributed by atoms with Crippen molar-refractivity contribution in [1.29, 1.82) is 0 Å². The SMILES string of the molecule is CCN(C)c1ccc(C(C)(C)C)cc1N.Cc1cccc(NC(=O)C=O)c1.